The summed E-state index contributed by atoms with van der Waals surface area (Å²) in [5.74, 6) is 3.36. The average Bonchev–Trinajstić information content (AvgIpc) is 3.11. The Bertz CT molecular complexity index is 891. The van der Waals surface area contributed by atoms with Gasteiger partial charge in [-0.15, -0.1) is 16.8 Å². The number of hydrogen-bond acceptors (Lipinski definition) is 5. The Kier molecular flexibility index (Phi) is 6.54. The van der Waals surface area contributed by atoms with Crippen molar-refractivity contribution in [2.75, 3.05) is 20.0 Å². The minimum atomic E-state index is 0.644. The van der Waals surface area contributed by atoms with E-state index in [9.17, 15) is 0 Å². The maximum atomic E-state index is 5.48. The average molecular weight is 382 g/mol. The van der Waals surface area contributed by atoms with Crippen LogP contribution in [0.2, 0.25) is 0 Å². The maximum Gasteiger partial charge on any atom is 0.191 e. The number of rotatable bonds is 9. The molecule has 0 aliphatic heterocycles. The van der Waals surface area contributed by atoms with Crippen molar-refractivity contribution in [3.8, 4) is 22.9 Å². The zero-order chi connectivity index (χ0) is 19.1. The fraction of sp³-hybridized carbons (Fsp3) is 0.238. The summed E-state index contributed by atoms with van der Waals surface area (Å²) >= 11 is 1.69. The van der Waals surface area contributed by atoms with Crippen molar-refractivity contribution in [1.82, 2.24) is 14.8 Å². The Morgan fingerprint density at radius 3 is 2.52 bits per heavy atom. The van der Waals surface area contributed by atoms with Crippen molar-refractivity contribution in [3.05, 3.63) is 66.7 Å². The van der Waals surface area contributed by atoms with Crippen LogP contribution in [0.3, 0.4) is 0 Å². The summed E-state index contributed by atoms with van der Waals surface area (Å²) in [7, 11) is 3.34. The molecular formula is C21H23N3O2S. The number of methoxy groups -OCH3 is 2. The van der Waals surface area contributed by atoms with Crippen LogP contribution < -0.4 is 9.47 Å². The molecule has 3 aromatic rings. The molecule has 1 aromatic heterocycles. The molecular weight excluding hydrogens is 358 g/mol. The molecule has 27 heavy (non-hydrogen) atoms. The molecule has 1 heterocycles. The van der Waals surface area contributed by atoms with E-state index in [-0.39, 0.29) is 0 Å². The molecule has 0 unspecified atom stereocenters. The van der Waals surface area contributed by atoms with Gasteiger partial charge in [0.1, 0.15) is 11.5 Å². The minimum Gasteiger partial charge on any atom is -0.497 e. The van der Waals surface area contributed by atoms with Crippen LogP contribution in [0, 0.1) is 0 Å². The Balaban J connectivity index is 1.75. The van der Waals surface area contributed by atoms with Crippen molar-refractivity contribution in [3.63, 3.8) is 0 Å². The van der Waals surface area contributed by atoms with Gasteiger partial charge in [0, 0.05) is 12.3 Å². The minimum absolute atomic E-state index is 0.644. The number of hydrogen-bond donors (Lipinski definition) is 0. The number of benzene rings is 2. The first-order valence-corrected chi connectivity index (χ1v) is 9.68. The number of nitrogens with zero attached hydrogens (tertiary/aromatic N) is 3. The van der Waals surface area contributed by atoms with E-state index in [1.807, 2.05) is 42.5 Å². The highest BCUT2D eigenvalue weighted by Crippen LogP contribution is 2.31. The first kappa shape index (κ1) is 19.0. The molecule has 140 valence electrons. The van der Waals surface area contributed by atoms with Gasteiger partial charge in [0.25, 0.3) is 0 Å². The van der Waals surface area contributed by atoms with Crippen LogP contribution in [0.5, 0.6) is 11.5 Å². The smallest absolute Gasteiger partial charge is 0.191 e. The SMILES string of the molecule is C=CCn1c(SCCc2ccc(OC)cc2)nnc1-c1ccccc1OC. The van der Waals surface area contributed by atoms with Gasteiger partial charge in [0.05, 0.1) is 19.8 Å². The second-order valence-corrected chi connectivity index (χ2v) is 6.91. The summed E-state index contributed by atoms with van der Waals surface area (Å²) in [6.45, 7) is 4.51. The molecule has 2 aromatic carbocycles. The molecule has 0 bridgehead atoms. The van der Waals surface area contributed by atoms with E-state index < -0.39 is 0 Å². The molecule has 3 rings (SSSR count). The van der Waals surface area contributed by atoms with E-state index in [4.69, 9.17) is 9.47 Å². The van der Waals surface area contributed by atoms with Crippen LogP contribution in [0.4, 0.5) is 0 Å². The Hall–Kier alpha value is -2.73. The maximum absolute atomic E-state index is 5.48. The van der Waals surface area contributed by atoms with Gasteiger partial charge in [-0.1, -0.05) is 42.1 Å². The monoisotopic (exact) mass is 381 g/mol. The van der Waals surface area contributed by atoms with Gasteiger partial charge in [-0.05, 0) is 36.2 Å². The van der Waals surface area contributed by atoms with Crippen molar-refractivity contribution in [1.29, 1.82) is 0 Å². The van der Waals surface area contributed by atoms with E-state index >= 15 is 0 Å². The molecule has 0 aliphatic rings. The highest BCUT2D eigenvalue weighted by atomic mass is 32.2. The van der Waals surface area contributed by atoms with Crippen LogP contribution >= 0.6 is 11.8 Å². The lowest BCUT2D eigenvalue weighted by atomic mass is 10.2. The second kappa shape index (κ2) is 9.28. The van der Waals surface area contributed by atoms with Gasteiger partial charge >= 0.3 is 0 Å². The normalized spacial score (nSPS) is 10.6. The number of ether oxygens (including phenoxy) is 2. The lowest BCUT2D eigenvalue weighted by molar-refractivity contribution is 0.414. The molecule has 0 atom stereocenters. The molecule has 6 heteroatoms. The molecule has 0 spiro atoms. The van der Waals surface area contributed by atoms with Crippen molar-refractivity contribution in [2.24, 2.45) is 0 Å². The van der Waals surface area contributed by atoms with E-state index in [2.05, 4.69) is 33.5 Å². The molecule has 0 fully saturated rings. The third-order valence-corrected chi connectivity index (χ3v) is 5.13. The van der Waals surface area contributed by atoms with Crippen LogP contribution in [0.1, 0.15) is 5.56 Å². The van der Waals surface area contributed by atoms with Gasteiger partial charge in [-0.3, -0.25) is 4.57 Å². The zero-order valence-electron chi connectivity index (χ0n) is 15.6. The summed E-state index contributed by atoms with van der Waals surface area (Å²) in [4.78, 5) is 0. The number of aromatic nitrogens is 3. The van der Waals surface area contributed by atoms with E-state index in [0.717, 1.165) is 40.2 Å². The van der Waals surface area contributed by atoms with Crippen molar-refractivity contribution < 1.29 is 9.47 Å². The number of para-hydroxylation sites is 1. The van der Waals surface area contributed by atoms with Crippen LogP contribution in [0.15, 0.2) is 66.3 Å². The highest BCUT2D eigenvalue weighted by molar-refractivity contribution is 7.99. The predicted molar refractivity (Wildman–Crippen MR) is 110 cm³/mol. The largest absolute Gasteiger partial charge is 0.497 e. The predicted octanol–water partition coefficient (Wildman–Crippen LogP) is 4.48. The van der Waals surface area contributed by atoms with Gasteiger partial charge in [0.15, 0.2) is 11.0 Å². The Morgan fingerprint density at radius 2 is 1.81 bits per heavy atom. The fourth-order valence-electron chi connectivity index (χ4n) is 2.77. The van der Waals surface area contributed by atoms with Gasteiger partial charge in [0.2, 0.25) is 0 Å². The van der Waals surface area contributed by atoms with E-state index in [1.54, 1.807) is 26.0 Å². The molecule has 0 aliphatic carbocycles. The third-order valence-electron chi connectivity index (χ3n) is 4.16. The van der Waals surface area contributed by atoms with Crippen molar-refractivity contribution in [2.45, 2.75) is 18.1 Å². The lowest BCUT2D eigenvalue weighted by Gasteiger charge is -2.10. The number of allylic oxidation sites excluding steroid dienone is 1. The molecule has 0 radical (unpaired) electrons. The summed E-state index contributed by atoms with van der Waals surface area (Å²) in [6.07, 6.45) is 2.80. The first-order chi connectivity index (χ1) is 13.3. The summed E-state index contributed by atoms with van der Waals surface area (Å²) in [5.41, 5.74) is 2.19. The van der Waals surface area contributed by atoms with Gasteiger partial charge in [-0.2, -0.15) is 0 Å². The van der Waals surface area contributed by atoms with E-state index in [1.165, 1.54) is 5.56 Å². The summed E-state index contributed by atoms with van der Waals surface area (Å²) < 4.78 is 12.8. The highest BCUT2D eigenvalue weighted by Gasteiger charge is 2.16. The van der Waals surface area contributed by atoms with Gasteiger partial charge in [-0.25, -0.2) is 0 Å². The van der Waals surface area contributed by atoms with Crippen LogP contribution in [-0.4, -0.2) is 34.7 Å². The van der Waals surface area contributed by atoms with Crippen molar-refractivity contribution >= 4 is 11.8 Å². The first-order valence-electron chi connectivity index (χ1n) is 8.70. The number of thioether (sulfide) groups is 1. The quantitative estimate of drug-likeness (QED) is 0.404. The van der Waals surface area contributed by atoms with Crippen LogP contribution in [0.25, 0.3) is 11.4 Å². The summed E-state index contributed by atoms with van der Waals surface area (Å²) in [5, 5.41) is 9.69. The third kappa shape index (κ3) is 4.52. The molecule has 0 N–H and O–H groups in total. The Labute approximate surface area is 164 Å². The van der Waals surface area contributed by atoms with Gasteiger partial charge < -0.3 is 9.47 Å². The topological polar surface area (TPSA) is 49.2 Å². The van der Waals surface area contributed by atoms with E-state index in [0.29, 0.717) is 6.54 Å². The molecule has 0 saturated heterocycles. The van der Waals surface area contributed by atoms with Crippen LogP contribution in [-0.2, 0) is 13.0 Å². The fourth-order valence-corrected chi connectivity index (χ4v) is 3.71. The number of aryl methyl sites for hydroxylation is 1. The molecule has 5 nitrogen and oxygen atoms in total. The molecule has 0 saturated carbocycles. The molecule has 0 amide bonds. The Morgan fingerprint density at radius 1 is 1.04 bits per heavy atom. The second-order valence-electron chi connectivity index (χ2n) is 5.85. The lowest BCUT2D eigenvalue weighted by Crippen LogP contribution is -2.02. The standard InChI is InChI=1S/C21H23N3O2S/c1-4-14-24-20(18-7-5-6-8-19(18)26-3)22-23-21(24)27-15-13-16-9-11-17(25-2)12-10-16/h4-12H,1,13-15H2,2-3H3. The zero-order valence-corrected chi connectivity index (χ0v) is 16.4. The summed E-state index contributed by atoms with van der Waals surface area (Å²) in [6, 6.07) is 16.0.